The quantitative estimate of drug-likeness (QED) is 0.897. The zero-order valence-corrected chi connectivity index (χ0v) is 11.5. The van der Waals surface area contributed by atoms with Gasteiger partial charge in [-0.05, 0) is 60.7 Å². The van der Waals surface area contributed by atoms with Crippen LogP contribution in [0.15, 0.2) is 42.5 Å². The molecule has 1 aliphatic carbocycles. The number of aryl methyl sites for hydroxylation is 2. The van der Waals surface area contributed by atoms with Crippen LogP contribution in [0.3, 0.4) is 0 Å². The van der Waals surface area contributed by atoms with Crippen molar-refractivity contribution < 1.29 is 9.50 Å². The summed E-state index contributed by atoms with van der Waals surface area (Å²) in [5.74, 6) is -0.215. The monoisotopic (exact) mass is 271 g/mol. The van der Waals surface area contributed by atoms with Crippen LogP contribution in [0.25, 0.3) is 0 Å². The summed E-state index contributed by atoms with van der Waals surface area (Å²) >= 11 is 0. The van der Waals surface area contributed by atoms with Gasteiger partial charge in [0.1, 0.15) is 5.82 Å². The van der Waals surface area contributed by atoms with E-state index >= 15 is 0 Å². The number of nitrogens with one attached hydrogen (secondary N) is 1. The van der Waals surface area contributed by atoms with E-state index in [1.165, 1.54) is 11.6 Å². The molecule has 0 bridgehead atoms. The topological polar surface area (TPSA) is 32.3 Å². The van der Waals surface area contributed by atoms with E-state index in [1.807, 2.05) is 25.1 Å². The molecule has 0 saturated heterocycles. The van der Waals surface area contributed by atoms with Crippen LogP contribution >= 0.6 is 0 Å². The maximum absolute atomic E-state index is 13.3. The number of aliphatic hydroxyl groups is 1. The highest BCUT2D eigenvalue weighted by Gasteiger charge is 2.38. The number of hydrogen-bond donors (Lipinski definition) is 2. The van der Waals surface area contributed by atoms with Crippen LogP contribution in [-0.4, -0.2) is 11.7 Å². The fourth-order valence-electron chi connectivity index (χ4n) is 3.05. The SMILES string of the molecule is Cc1cccc(NC2(CO)CCc3cc(F)ccc32)c1. The summed E-state index contributed by atoms with van der Waals surface area (Å²) in [6.07, 6.45) is 1.56. The molecular formula is C17H18FNO. The lowest BCUT2D eigenvalue weighted by Crippen LogP contribution is -2.36. The van der Waals surface area contributed by atoms with Crippen molar-refractivity contribution in [3.05, 3.63) is 65.0 Å². The summed E-state index contributed by atoms with van der Waals surface area (Å²) in [4.78, 5) is 0. The van der Waals surface area contributed by atoms with E-state index in [2.05, 4.69) is 11.4 Å². The molecule has 0 aromatic heterocycles. The Morgan fingerprint density at radius 2 is 2.10 bits per heavy atom. The van der Waals surface area contributed by atoms with Crippen molar-refractivity contribution in [2.75, 3.05) is 11.9 Å². The Hall–Kier alpha value is -1.87. The lowest BCUT2D eigenvalue weighted by molar-refractivity contribution is 0.211. The number of halogens is 1. The van der Waals surface area contributed by atoms with E-state index < -0.39 is 5.54 Å². The molecule has 2 N–H and O–H groups in total. The second-order valence-corrected chi connectivity index (χ2v) is 5.54. The molecule has 2 aromatic carbocycles. The van der Waals surface area contributed by atoms with Crippen LogP contribution in [0.4, 0.5) is 10.1 Å². The third-order valence-corrected chi connectivity index (χ3v) is 4.08. The Kier molecular flexibility index (Phi) is 3.22. The molecule has 3 rings (SSSR count). The minimum absolute atomic E-state index is 0.000422. The lowest BCUT2D eigenvalue weighted by Gasteiger charge is -2.31. The van der Waals surface area contributed by atoms with Gasteiger partial charge in [0, 0.05) is 5.69 Å². The molecule has 20 heavy (non-hydrogen) atoms. The molecule has 2 aromatic rings. The smallest absolute Gasteiger partial charge is 0.123 e. The first-order valence-corrected chi connectivity index (χ1v) is 6.88. The predicted octanol–water partition coefficient (Wildman–Crippen LogP) is 3.38. The van der Waals surface area contributed by atoms with Gasteiger partial charge >= 0.3 is 0 Å². The first-order valence-electron chi connectivity index (χ1n) is 6.88. The van der Waals surface area contributed by atoms with Crippen LogP contribution in [0, 0.1) is 12.7 Å². The van der Waals surface area contributed by atoms with Crippen LogP contribution < -0.4 is 5.32 Å². The summed E-state index contributed by atoms with van der Waals surface area (Å²) in [6.45, 7) is 2.04. The molecule has 0 radical (unpaired) electrons. The summed E-state index contributed by atoms with van der Waals surface area (Å²) in [5.41, 5.74) is 3.63. The number of hydrogen-bond acceptors (Lipinski definition) is 2. The normalized spacial score (nSPS) is 20.8. The maximum atomic E-state index is 13.3. The van der Waals surface area contributed by atoms with Crippen molar-refractivity contribution in [1.29, 1.82) is 0 Å². The fourth-order valence-corrected chi connectivity index (χ4v) is 3.05. The summed E-state index contributed by atoms with van der Waals surface area (Å²) in [5, 5.41) is 13.4. The number of benzene rings is 2. The molecule has 1 atom stereocenters. The first-order chi connectivity index (χ1) is 9.63. The molecule has 0 spiro atoms. The van der Waals surface area contributed by atoms with E-state index in [4.69, 9.17) is 0 Å². The van der Waals surface area contributed by atoms with Gasteiger partial charge in [0.15, 0.2) is 0 Å². The van der Waals surface area contributed by atoms with Crippen molar-refractivity contribution in [1.82, 2.24) is 0 Å². The molecule has 0 aliphatic heterocycles. The van der Waals surface area contributed by atoms with Crippen LogP contribution in [0.5, 0.6) is 0 Å². The molecule has 0 saturated carbocycles. The van der Waals surface area contributed by atoms with Gasteiger partial charge in [0.2, 0.25) is 0 Å². The highest BCUT2D eigenvalue weighted by atomic mass is 19.1. The highest BCUT2D eigenvalue weighted by Crippen LogP contribution is 2.39. The van der Waals surface area contributed by atoms with Crippen molar-refractivity contribution >= 4 is 5.69 Å². The highest BCUT2D eigenvalue weighted by molar-refractivity contribution is 5.53. The van der Waals surface area contributed by atoms with Gasteiger partial charge < -0.3 is 10.4 Å². The summed E-state index contributed by atoms with van der Waals surface area (Å²) in [7, 11) is 0. The Morgan fingerprint density at radius 1 is 1.25 bits per heavy atom. The van der Waals surface area contributed by atoms with Crippen molar-refractivity contribution in [3.63, 3.8) is 0 Å². The maximum Gasteiger partial charge on any atom is 0.123 e. The zero-order chi connectivity index (χ0) is 14.2. The van der Waals surface area contributed by atoms with Crippen molar-refractivity contribution in [2.24, 2.45) is 0 Å². The molecule has 3 heteroatoms. The van der Waals surface area contributed by atoms with Gasteiger partial charge in [0.25, 0.3) is 0 Å². The number of aliphatic hydroxyl groups excluding tert-OH is 1. The van der Waals surface area contributed by atoms with E-state index in [1.54, 1.807) is 12.1 Å². The van der Waals surface area contributed by atoms with Gasteiger partial charge in [-0.1, -0.05) is 18.2 Å². The van der Waals surface area contributed by atoms with Gasteiger partial charge in [0.05, 0.1) is 12.1 Å². The van der Waals surface area contributed by atoms with Gasteiger partial charge in [-0.3, -0.25) is 0 Å². The molecular weight excluding hydrogens is 253 g/mol. The Bertz CT molecular complexity index is 641. The van der Waals surface area contributed by atoms with E-state index in [-0.39, 0.29) is 12.4 Å². The van der Waals surface area contributed by atoms with Crippen LogP contribution in [0.1, 0.15) is 23.1 Å². The van der Waals surface area contributed by atoms with Crippen LogP contribution in [0.2, 0.25) is 0 Å². The van der Waals surface area contributed by atoms with Crippen LogP contribution in [-0.2, 0) is 12.0 Å². The molecule has 1 unspecified atom stereocenters. The minimum Gasteiger partial charge on any atom is -0.394 e. The summed E-state index contributed by atoms with van der Waals surface area (Å²) < 4.78 is 13.3. The largest absolute Gasteiger partial charge is 0.394 e. The van der Waals surface area contributed by atoms with E-state index in [0.717, 1.165) is 29.7 Å². The van der Waals surface area contributed by atoms with Gasteiger partial charge in [-0.2, -0.15) is 0 Å². The third-order valence-electron chi connectivity index (χ3n) is 4.08. The fraction of sp³-hybridized carbons (Fsp3) is 0.294. The van der Waals surface area contributed by atoms with E-state index in [0.29, 0.717) is 0 Å². The number of anilines is 1. The second kappa shape index (κ2) is 4.91. The molecule has 0 heterocycles. The molecule has 0 amide bonds. The Morgan fingerprint density at radius 3 is 2.85 bits per heavy atom. The van der Waals surface area contributed by atoms with Gasteiger partial charge in [-0.25, -0.2) is 4.39 Å². The molecule has 104 valence electrons. The standard InChI is InChI=1S/C17H18FNO/c1-12-3-2-4-15(9-12)19-17(11-20)8-7-13-10-14(18)5-6-16(13)17/h2-6,9-10,19-20H,7-8,11H2,1H3. The predicted molar refractivity (Wildman–Crippen MR) is 78.3 cm³/mol. The molecule has 1 aliphatic rings. The second-order valence-electron chi connectivity index (χ2n) is 5.54. The Balaban J connectivity index is 1.98. The molecule has 0 fully saturated rings. The molecule has 2 nitrogen and oxygen atoms in total. The number of rotatable bonds is 3. The third kappa shape index (κ3) is 2.18. The minimum atomic E-state index is -0.503. The van der Waals surface area contributed by atoms with Gasteiger partial charge in [-0.15, -0.1) is 0 Å². The number of fused-ring (bicyclic) bond motifs is 1. The van der Waals surface area contributed by atoms with E-state index in [9.17, 15) is 9.50 Å². The first kappa shape index (κ1) is 13.1. The lowest BCUT2D eigenvalue weighted by atomic mass is 9.92. The Labute approximate surface area is 118 Å². The summed E-state index contributed by atoms with van der Waals surface area (Å²) in [6, 6.07) is 12.9. The average molecular weight is 271 g/mol. The average Bonchev–Trinajstić information content (AvgIpc) is 2.77. The van der Waals surface area contributed by atoms with Crippen molar-refractivity contribution in [2.45, 2.75) is 25.3 Å². The zero-order valence-electron chi connectivity index (χ0n) is 11.5. The van der Waals surface area contributed by atoms with Crippen molar-refractivity contribution in [3.8, 4) is 0 Å².